The summed E-state index contributed by atoms with van der Waals surface area (Å²) in [5.41, 5.74) is 9.08. The lowest BCUT2D eigenvalue weighted by atomic mass is 10.0. The predicted octanol–water partition coefficient (Wildman–Crippen LogP) is 2.82. The zero-order chi connectivity index (χ0) is 12.6. The van der Waals surface area contributed by atoms with Crippen molar-refractivity contribution in [3.8, 4) is 0 Å². The molecule has 0 spiro atoms. The molecule has 0 atom stereocenters. The highest BCUT2D eigenvalue weighted by atomic mass is 16.1. The maximum atomic E-state index is 8.00. The molecular formula is C14H23NO. The van der Waals surface area contributed by atoms with Crippen LogP contribution < -0.4 is 5.73 Å². The molecular weight excluding hydrogens is 198 g/mol. The minimum absolute atomic E-state index is 0.900. The molecule has 2 heteroatoms. The van der Waals surface area contributed by atoms with Crippen molar-refractivity contribution in [3.05, 3.63) is 34.9 Å². The second-order valence-corrected chi connectivity index (χ2v) is 3.82. The molecule has 1 fully saturated rings. The number of carbonyl (C=O) groups is 1. The first kappa shape index (κ1) is 14.8. The minimum Gasteiger partial charge on any atom is -0.333 e. The summed E-state index contributed by atoms with van der Waals surface area (Å²) in [6, 6.07) is 6.92. The maximum Gasteiger partial charge on any atom is 0.106 e. The van der Waals surface area contributed by atoms with E-state index in [4.69, 9.17) is 4.79 Å². The second kappa shape index (κ2) is 8.05. The average molecular weight is 221 g/mol. The zero-order valence-electron chi connectivity index (χ0n) is 10.6. The van der Waals surface area contributed by atoms with Crippen LogP contribution in [0.4, 0.5) is 0 Å². The van der Waals surface area contributed by atoms with Crippen LogP contribution in [-0.2, 0) is 11.2 Å². The summed E-state index contributed by atoms with van der Waals surface area (Å²) >= 11 is 0. The molecule has 0 unspecified atom stereocenters. The Bertz CT molecular complexity index is 306. The molecule has 0 radical (unpaired) electrons. The summed E-state index contributed by atoms with van der Waals surface area (Å²) in [4.78, 5) is 8.00. The third kappa shape index (κ3) is 4.15. The van der Waals surface area contributed by atoms with E-state index in [1.54, 1.807) is 5.56 Å². The normalized spacial score (nSPS) is 13.0. The van der Waals surface area contributed by atoms with Crippen LogP contribution in [0.5, 0.6) is 0 Å². The third-order valence-electron chi connectivity index (χ3n) is 2.77. The number of benzene rings is 1. The van der Waals surface area contributed by atoms with E-state index in [1.165, 1.54) is 37.4 Å². The summed E-state index contributed by atoms with van der Waals surface area (Å²) in [5, 5.41) is 0. The number of rotatable bonds is 2. The summed E-state index contributed by atoms with van der Waals surface area (Å²) in [7, 11) is 1.50. The van der Waals surface area contributed by atoms with Crippen LogP contribution in [0, 0.1) is 6.92 Å². The van der Waals surface area contributed by atoms with E-state index in [1.807, 2.05) is 6.79 Å². The van der Waals surface area contributed by atoms with Crippen molar-refractivity contribution >= 4 is 6.79 Å². The predicted molar refractivity (Wildman–Crippen MR) is 69.8 cm³/mol. The van der Waals surface area contributed by atoms with Gasteiger partial charge in [0.25, 0.3) is 0 Å². The van der Waals surface area contributed by atoms with E-state index in [0.717, 1.165) is 5.92 Å². The van der Waals surface area contributed by atoms with Crippen molar-refractivity contribution in [2.45, 2.75) is 39.0 Å². The number of hydrogen-bond donors (Lipinski definition) is 1. The molecule has 0 bridgehead atoms. The van der Waals surface area contributed by atoms with Crippen LogP contribution in [-0.4, -0.2) is 13.8 Å². The highest BCUT2D eigenvalue weighted by Gasteiger charge is 2.24. The first-order chi connectivity index (χ1) is 7.81. The van der Waals surface area contributed by atoms with Crippen LogP contribution in [0.3, 0.4) is 0 Å². The van der Waals surface area contributed by atoms with Crippen LogP contribution in [0.2, 0.25) is 0 Å². The first-order valence-electron chi connectivity index (χ1n) is 5.77. The quantitative estimate of drug-likeness (QED) is 0.834. The van der Waals surface area contributed by atoms with Crippen LogP contribution in [0.25, 0.3) is 0 Å². The van der Waals surface area contributed by atoms with Crippen molar-refractivity contribution in [2.75, 3.05) is 7.05 Å². The molecule has 1 aliphatic rings. The van der Waals surface area contributed by atoms with Crippen molar-refractivity contribution in [3.63, 3.8) is 0 Å². The van der Waals surface area contributed by atoms with Gasteiger partial charge in [-0.3, -0.25) is 0 Å². The summed E-state index contributed by atoms with van der Waals surface area (Å²) in [6.07, 6.45) is 3.99. The van der Waals surface area contributed by atoms with Gasteiger partial charge in [0.2, 0.25) is 0 Å². The van der Waals surface area contributed by atoms with Crippen molar-refractivity contribution in [1.82, 2.24) is 0 Å². The standard InChI is InChI=1S/C12H16.CH5N.CH2O/c1-3-10-5-4-9(2)12(8-10)11-6-7-11;2*1-2/h4-5,8,11H,3,6-7H2,1-2H3;2H2,1H3;1H2. The smallest absolute Gasteiger partial charge is 0.106 e. The fourth-order valence-corrected chi connectivity index (χ4v) is 1.74. The molecule has 0 aromatic heterocycles. The van der Waals surface area contributed by atoms with Gasteiger partial charge >= 0.3 is 0 Å². The SMILES string of the molecule is C=O.CCc1ccc(C)c(C2CC2)c1.CN. The van der Waals surface area contributed by atoms with Gasteiger partial charge in [0.1, 0.15) is 6.79 Å². The maximum absolute atomic E-state index is 8.00. The van der Waals surface area contributed by atoms with Crippen LogP contribution in [0.15, 0.2) is 18.2 Å². The van der Waals surface area contributed by atoms with E-state index < -0.39 is 0 Å². The lowest BCUT2D eigenvalue weighted by Crippen LogP contribution is -1.88. The van der Waals surface area contributed by atoms with Gasteiger partial charge in [-0.05, 0) is 55.8 Å². The Labute approximate surface area is 98.9 Å². The van der Waals surface area contributed by atoms with E-state index >= 15 is 0 Å². The Morgan fingerprint density at radius 3 is 2.31 bits per heavy atom. The van der Waals surface area contributed by atoms with Gasteiger partial charge in [-0.1, -0.05) is 25.1 Å². The van der Waals surface area contributed by atoms with Crippen LogP contribution >= 0.6 is 0 Å². The van der Waals surface area contributed by atoms with Crippen LogP contribution in [0.1, 0.15) is 42.4 Å². The Balaban J connectivity index is 0.000000509. The van der Waals surface area contributed by atoms with Crippen molar-refractivity contribution < 1.29 is 4.79 Å². The summed E-state index contributed by atoms with van der Waals surface area (Å²) < 4.78 is 0. The largest absolute Gasteiger partial charge is 0.333 e. The lowest BCUT2D eigenvalue weighted by Gasteiger charge is -2.05. The van der Waals surface area contributed by atoms with Gasteiger partial charge in [-0.25, -0.2) is 0 Å². The molecule has 0 amide bonds. The van der Waals surface area contributed by atoms with Crippen molar-refractivity contribution in [2.24, 2.45) is 5.73 Å². The monoisotopic (exact) mass is 221 g/mol. The summed E-state index contributed by atoms with van der Waals surface area (Å²) in [5.74, 6) is 0.900. The highest BCUT2D eigenvalue weighted by molar-refractivity contribution is 5.36. The molecule has 1 saturated carbocycles. The molecule has 2 rings (SSSR count). The number of aryl methyl sites for hydroxylation is 2. The Morgan fingerprint density at radius 1 is 1.31 bits per heavy atom. The molecule has 90 valence electrons. The van der Waals surface area contributed by atoms with E-state index in [2.05, 4.69) is 37.8 Å². The Kier molecular flexibility index (Phi) is 7.48. The molecule has 0 aliphatic heterocycles. The molecule has 2 N–H and O–H groups in total. The fourth-order valence-electron chi connectivity index (χ4n) is 1.74. The molecule has 1 aromatic rings. The first-order valence-corrected chi connectivity index (χ1v) is 5.77. The fraction of sp³-hybridized carbons (Fsp3) is 0.500. The topological polar surface area (TPSA) is 43.1 Å². The van der Waals surface area contributed by atoms with Gasteiger partial charge in [0, 0.05) is 0 Å². The Morgan fingerprint density at radius 2 is 1.88 bits per heavy atom. The van der Waals surface area contributed by atoms with Crippen molar-refractivity contribution in [1.29, 1.82) is 0 Å². The number of carbonyl (C=O) groups excluding carboxylic acids is 1. The molecule has 2 nitrogen and oxygen atoms in total. The van der Waals surface area contributed by atoms with Gasteiger partial charge < -0.3 is 10.5 Å². The second-order valence-electron chi connectivity index (χ2n) is 3.82. The number of hydrogen-bond acceptors (Lipinski definition) is 2. The Hall–Kier alpha value is -1.15. The molecule has 0 saturated heterocycles. The third-order valence-corrected chi connectivity index (χ3v) is 2.77. The van der Waals surface area contributed by atoms with Gasteiger partial charge in [-0.2, -0.15) is 0 Å². The minimum atomic E-state index is 0.900. The van der Waals surface area contributed by atoms with E-state index in [9.17, 15) is 0 Å². The van der Waals surface area contributed by atoms with Gasteiger partial charge in [0.15, 0.2) is 0 Å². The average Bonchev–Trinajstić information content (AvgIpc) is 3.19. The summed E-state index contributed by atoms with van der Waals surface area (Å²) in [6.45, 7) is 6.45. The lowest BCUT2D eigenvalue weighted by molar-refractivity contribution is -0.0979. The van der Waals surface area contributed by atoms with E-state index in [0.29, 0.717) is 0 Å². The molecule has 16 heavy (non-hydrogen) atoms. The molecule has 1 aliphatic carbocycles. The number of nitrogens with two attached hydrogens (primary N) is 1. The van der Waals surface area contributed by atoms with E-state index in [-0.39, 0.29) is 0 Å². The molecule has 1 aromatic carbocycles. The highest BCUT2D eigenvalue weighted by Crippen LogP contribution is 2.41. The molecule has 0 heterocycles. The zero-order valence-corrected chi connectivity index (χ0v) is 10.6. The van der Waals surface area contributed by atoms with Gasteiger partial charge in [-0.15, -0.1) is 0 Å². The van der Waals surface area contributed by atoms with Gasteiger partial charge in [0.05, 0.1) is 0 Å².